The fraction of sp³-hybridized carbons (Fsp3) is 0.567. The van der Waals surface area contributed by atoms with Gasteiger partial charge in [-0.05, 0) is 76.4 Å². The number of fused-ring (bicyclic) bond motifs is 3. The van der Waals surface area contributed by atoms with Crippen LogP contribution in [0.25, 0.3) is 5.76 Å². The molecular formula is C30H42N4O7. The van der Waals surface area contributed by atoms with Crippen LogP contribution in [0.1, 0.15) is 50.8 Å². The number of primary amides is 1. The molecule has 3 aliphatic rings. The van der Waals surface area contributed by atoms with E-state index in [0.29, 0.717) is 31.1 Å². The number of carbonyl (C=O) groups is 3. The lowest BCUT2D eigenvalue weighted by Gasteiger charge is -2.50. The first-order valence-corrected chi connectivity index (χ1v) is 14.2. The summed E-state index contributed by atoms with van der Waals surface area (Å²) in [5.74, 6) is -6.11. The van der Waals surface area contributed by atoms with Crippen LogP contribution in [0.4, 0.5) is 5.69 Å². The maximum Gasteiger partial charge on any atom is 0.255 e. The van der Waals surface area contributed by atoms with Gasteiger partial charge < -0.3 is 36.4 Å². The number of nitrogens with two attached hydrogens (primary N) is 1. The number of carbonyl (C=O) groups excluding carboxylic acids is 3. The van der Waals surface area contributed by atoms with Crippen LogP contribution < -0.4 is 16.0 Å². The number of hydrogen-bond donors (Lipinski definition) is 6. The summed E-state index contributed by atoms with van der Waals surface area (Å²) in [5.41, 5.74) is 4.27. The van der Waals surface area contributed by atoms with E-state index in [1.54, 1.807) is 20.2 Å². The first-order valence-electron chi connectivity index (χ1n) is 14.2. The predicted molar refractivity (Wildman–Crippen MR) is 154 cm³/mol. The van der Waals surface area contributed by atoms with Crippen molar-refractivity contribution in [2.24, 2.45) is 23.5 Å². The van der Waals surface area contributed by atoms with Crippen molar-refractivity contribution in [1.82, 2.24) is 10.2 Å². The third kappa shape index (κ3) is 4.69. The number of aliphatic hydroxyl groups excluding tert-OH is 2. The first-order chi connectivity index (χ1) is 19.2. The van der Waals surface area contributed by atoms with E-state index in [2.05, 4.69) is 24.1 Å². The number of Topliss-reactive ketones (excluding diaryl/α,β-unsaturated/α-hetero) is 2. The van der Waals surface area contributed by atoms with Gasteiger partial charge in [0.2, 0.25) is 5.78 Å². The number of benzene rings is 1. The molecule has 1 amide bonds. The van der Waals surface area contributed by atoms with E-state index in [-0.39, 0.29) is 29.7 Å². The molecule has 0 unspecified atom stereocenters. The van der Waals surface area contributed by atoms with E-state index < -0.39 is 58.0 Å². The third-order valence-electron chi connectivity index (χ3n) is 8.72. The van der Waals surface area contributed by atoms with Crippen molar-refractivity contribution in [2.45, 2.75) is 58.7 Å². The lowest BCUT2D eigenvalue weighted by molar-refractivity contribution is -0.153. The average Bonchev–Trinajstić information content (AvgIpc) is 2.87. The van der Waals surface area contributed by atoms with E-state index in [1.165, 1.54) is 4.90 Å². The third-order valence-corrected chi connectivity index (χ3v) is 8.72. The summed E-state index contributed by atoms with van der Waals surface area (Å²) in [6.07, 6.45) is 0.312. The number of amides is 1. The average molecular weight is 571 g/mol. The summed E-state index contributed by atoms with van der Waals surface area (Å²) in [6.45, 7) is 10.8. The van der Waals surface area contributed by atoms with Crippen molar-refractivity contribution in [3.8, 4) is 5.75 Å². The zero-order valence-electron chi connectivity index (χ0n) is 24.6. The van der Waals surface area contributed by atoms with Crippen molar-refractivity contribution < 1.29 is 34.8 Å². The Morgan fingerprint density at radius 1 is 1.17 bits per heavy atom. The van der Waals surface area contributed by atoms with E-state index >= 15 is 0 Å². The Morgan fingerprint density at radius 2 is 1.80 bits per heavy atom. The number of aliphatic hydroxyl groups is 3. The minimum atomic E-state index is -2.65. The lowest BCUT2D eigenvalue weighted by atomic mass is 9.57. The highest BCUT2D eigenvalue weighted by Crippen LogP contribution is 2.54. The minimum absolute atomic E-state index is 0.0556. The van der Waals surface area contributed by atoms with Gasteiger partial charge in [-0.25, -0.2) is 0 Å². The van der Waals surface area contributed by atoms with Crippen molar-refractivity contribution in [2.75, 3.05) is 38.6 Å². The fourth-order valence-electron chi connectivity index (χ4n) is 6.93. The highest BCUT2D eigenvalue weighted by molar-refractivity contribution is 6.24. The van der Waals surface area contributed by atoms with Crippen LogP contribution in [-0.4, -0.2) is 88.2 Å². The summed E-state index contributed by atoms with van der Waals surface area (Å²) < 4.78 is 0. The quantitative estimate of drug-likeness (QED) is 0.239. The number of nitrogens with zero attached hydrogens (tertiary/aromatic N) is 2. The number of rotatable bonds is 9. The largest absolute Gasteiger partial charge is 0.508 e. The van der Waals surface area contributed by atoms with Gasteiger partial charge in [0, 0.05) is 36.8 Å². The van der Waals surface area contributed by atoms with E-state index in [9.17, 15) is 34.8 Å². The van der Waals surface area contributed by atoms with E-state index in [1.807, 2.05) is 13.8 Å². The molecule has 4 atom stereocenters. The van der Waals surface area contributed by atoms with Crippen LogP contribution in [0, 0.1) is 17.8 Å². The normalized spacial score (nSPS) is 25.9. The van der Waals surface area contributed by atoms with Crippen LogP contribution in [0.2, 0.25) is 0 Å². The SMILES string of the molecule is CCN(CC)c1c(CNCC(C)C)cc(O)c2c1C[C@H]1C[C@H]3[C@H](N(C)C)C(=O)C(C(N)=O)=C(O)[C@@]3(O)C(=O)C1=C2O. The number of nitrogens with one attached hydrogen (secondary N) is 1. The Morgan fingerprint density at radius 3 is 2.34 bits per heavy atom. The first kappa shape index (κ1) is 30.5. The van der Waals surface area contributed by atoms with Gasteiger partial charge in [-0.15, -0.1) is 0 Å². The Labute approximate surface area is 240 Å². The van der Waals surface area contributed by atoms with E-state index in [4.69, 9.17) is 5.73 Å². The van der Waals surface area contributed by atoms with Crippen LogP contribution in [-0.2, 0) is 27.3 Å². The molecule has 0 radical (unpaired) electrons. The standard InChI is InChI=1S/C30H42N4O7/c1-7-34(8-2)23-16(13-32-12-14(3)4)11-19(35)21-17(23)9-15-10-18-24(33(5)6)26(37)22(29(31)40)28(39)30(18,41)27(38)20(15)25(21)36/h11,14-15,18,24,32,35-36,39,41H,7-10,12-13H2,1-6H3,(H2,31,40)/t15-,18-,24-,30-/m0/s1. The number of phenolic OH excluding ortho intramolecular Hbond substituents is 1. The number of hydrogen-bond acceptors (Lipinski definition) is 10. The summed E-state index contributed by atoms with van der Waals surface area (Å²) >= 11 is 0. The van der Waals surface area contributed by atoms with Crippen LogP contribution in [0.15, 0.2) is 23.0 Å². The van der Waals surface area contributed by atoms with Crippen molar-refractivity contribution >= 4 is 28.9 Å². The van der Waals surface area contributed by atoms with Gasteiger partial charge in [-0.1, -0.05) is 13.8 Å². The van der Waals surface area contributed by atoms with Crippen LogP contribution >= 0.6 is 0 Å². The van der Waals surface area contributed by atoms with E-state index in [0.717, 1.165) is 17.8 Å². The number of likely N-dealkylation sites (N-methyl/N-ethyl adjacent to an activating group) is 1. The smallest absolute Gasteiger partial charge is 0.255 e. The second kappa shape index (κ2) is 11.1. The van der Waals surface area contributed by atoms with Crippen LogP contribution in [0.3, 0.4) is 0 Å². The molecule has 0 saturated heterocycles. The van der Waals surface area contributed by atoms with Gasteiger partial charge in [0.15, 0.2) is 11.4 Å². The second-order valence-corrected chi connectivity index (χ2v) is 11.9. The Balaban J connectivity index is 1.95. The molecule has 1 fully saturated rings. The Bertz CT molecular complexity index is 1340. The molecule has 0 aromatic heterocycles. The summed E-state index contributed by atoms with van der Waals surface area (Å²) in [4.78, 5) is 43.2. The number of ketones is 2. The van der Waals surface area contributed by atoms with Crippen LogP contribution in [0.5, 0.6) is 5.75 Å². The van der Waals surface area contributed by atoms with Gasteiger partial charge in [-0.2, -0.15) is 0 Å². The molecule has 0 heterocycles. The van der Waals surface area contributed by atoms with Gasteiger partial charge in [-0.3, -0.25) is 19.3 Å². The molecule has 0 bridgehead atoms. The zero-order chi connectivity index (χ0) is 30.5. The molecule has 11 nitrogen and oxygen atoms in total. The molecule has 3 aliphatic carbocycles. The lowest BCUT2D eigenvalue weighted by Crippen LogP contribution is -2.65. The molecule has 11 heteroatoms. The molecule has 1 aromatic carbocycles. The zero-order valence-corrected chi connectivity index (χ0v) is 24.6. The van der Waals surface area contributed by atoms with Crippen molar-refractivity contribution in [1.29, 1.82) is 0 Å². The maximum absolute atomic E-state index is 14.1. The summed E-state index contributed by atoms with van der Waals surface area (Å²) in [6, 6.07) is 0.473. The van der Waals surface area contributed by atoms with Gasteiger partial charge >= 0.3 is 0 Å². The molecular weight excluding hydrogens is 528 g/mol. The summed E-state index contributed by atoms with van der Waals surface area (Å²) in [7, 11) is 3.17. The van der Waals surface area contributed by atoms with Gasteiger partial charge in [0.25, 0.3) is 5.91 Å². The fourth-order valence-corrected chi connectivity index (χ4v) is 6.93. The molecule has 0 spiro atoms. The molecule has 7 N–H and O–H groups in total. The molecule has 41 heavy (non-hydrogen) atoms. The Hall–Kier alpha value is -3.41. The number of phenols is 1. The van der Waals surface area contributed by atoms with Gasteiger partial charge in [0.05, 0.1) is 11.6 Å². The highest BCUT2D eigenvalue weighted by atomic mass is 16.3. The molecule has 4 rings (SSSR count). The molecule has 1 aromatic rings. The summed E-state index contributed by atoms with van der Waals surface area (Å²) in [5, 5.41) is 49.0. The Kier molecular flexibility index (Phi) is 8.28. The molecule has 1 saturated carbocycles. The monoisotopic (exact) mass is 570 g/mol. The molecule has 224 valence electrons. The topological polar surface area (TPSA) is 177 Å². The maximum atomic E-state index is 14.1. The van der Waals surface area contributed by atoms with Crippen molar-refractivity contribution in [3.05, 3.63) is 39.7 Å². The second-order valence-electron chi connectivity index (χ2n) is 11.9. The highest BCUT2D eigenvalue weighted by Gasteiger charge is 2.64. The predicted octanol–water partition coefficient (Wildman–Crippen LogP) is 1.56. The minimum Gasteiger partial charge on any atom is -0.508 e. The molecule has 0 aliphatic heterocycles. The number of aromatic hydroxyl groups is 1. The van der Waals surface area contributed by atoms with Crippen molar-refractivity contribution in [3.63, 3.8) is 0 Å². The van der Waals surface area contributed by atoms with Gasteiger partial charge in [0.1, 0.15) is 22.8 Å². The number of anilines is 1.